The van der Waals surface area contributed by atoms with Crippen LogP contribution in [0.4, 0.5) is 5.69 Å². The number of rotatable bonds is 7. The Morgan fingerprint density at radius 1 is 1.03 bits per heavy atom. The largest absolute Gasteiger partial charge is 0.454 e. The highest BCUT2D eigenvalue weighted by molar-refractivity contribution is 5.96. The van der Waals surface area contributed by atoms with E-state index in [1.54, 1.807) is 4.90 Å². The van der Waals surface area contributed by atoms with Crippen molar-refractivity contribution >= 4 is 23.4 Å². The van der Waals surface area contributed by atoms with Crippen LogP contribution >= 0.6 is 0 Å². The van der Waals surface area contributed by atoms with Gasteiger partial charge in [-0.3, -0.25) is 14.4 Å². The maximum atomic E-state index is 13.8. The zero-order chi connectivity index (χ0) is 25.1. The standard InChI is InChI=1S/C27H32N4O5/c1-2-6-25(33)29-13-11-27(12-14-29)26(34)30(18-31(27)21-7-4-3-5-8-21)17-24(32)28-16-20-9-10-22-23(15-20)36-19-35-22/h3-5,7-10,15H,2,6,11-14,16-19H2,1H3,(H,28,32). The van der Waals surface area contributed by atoms with Crippen molar-refractivity contribution in [3.8, 4) is 11.5 Å². The number of hydrogen-bond acceptors (Lipinski definition) is 6. The molecule has 2 aromatic carbocycles. The summed E-state index contributed by atoms with van der Waals surface area (Å²) >= 11 is 0. The number of carbonyl (C=O) groups is 3. The Morgan fingerprint density at radius 2 is 1.78 bits per heavy atom. The lowest BCUT2D eigenvalue weighted by Gasteiger charge is -2.43. The molecule has 0 aliphatic carbocycles. The summed E-state index contributed by atoms with van der Waals surface area (Å²) in [6, 6.07) is 15.4. The van der Waals surface area contributed by atoms with Crippen LogP contribution < -0.4 is 19.7 Å². The van der Waals surface area contributed by atoms with Crippen molar-refractivity contribution in [3.05, 3.63) is 54.1 Å². The van der Waals surface area contributed by atoms with Gasteiger partial charge >= 0.3 is 0 Å². The van der Waals surface area contributed by atoms with Crippen molar-refractivity contribution in [3.63, 3.8) is 0 Å². The maximum absolute atomic E-state index is 13.8. The van der Waals surface area contributed by atoms with Gasteiger partial charge < -0.3 is 29.5 Å². The first-order valence-corrected chi connectivity index (χ1v) is 12.6. The Bertz CT molecular complexity index is 1130. The van der Waals surface area contributed by atoms with E-state index >= 15 is 0 Å². The number of hydrogen-bond donors (Lipinski definition) is 1. The fourth-order valence-electron chi connectivity index (χ4n) is 5.30. The SMILES string of the molecule is CCCC(=O)N1CCC2(CC1)C(=O)N(CC(=O)NCc1ccc3c(c1)OCO3)CN2c1ccccc1. The highest BCUT2D eigenvalue weighted by Crippen LogP contribution is 2.39. The molecule has 0 bridgehead atoms. The van der Waals surface area contributed by atoms with Gasteiger partial charge in [0, 0.05) is 31.7 Å². The molecule has 0 aromatic heterocycles. The van der Waals surface area contributed by atoms with Crippen molar-refractivity contribution < 1.29 is 23.9 Å². The number of ether oxygens (including phenoxy) is 2. The van der Waals surface area contributed by atoms with E-state index in [4.69, 9.17) is 9.47 Å². The van der Waals surface area contributed by atoms with Crippen LogP contribution in [-0.4, -0.2) is 66.2 Å². The summed E-state index contributed by atoms with van der Waals surface area (Å²) in [6.45, 7) is 3.93. The number of fused-ring (bicyclic) bond motifs is 1. The molecule has 36 heavy (non-hydrogen) atoms. The summed E-state index contributed by atoms with van der Waals surface area (Å²) in [4.78, 5) is 44.7. The van der Waals surface area contributed by atoms with Gasteiger partial charge in [-0.1, -0.05) is 31.2 Å². The molecule has 9 heteroatoms. The van der Waals surface area contributed by atoms with Crippen LogP contribution in [0.3, 0.4) is 0 Å². The van der Waals surface area contributed by atoms with Crippen LogP contribution in [0.25, 0.3) is 0 Å². The summed E-state index contributed by atoms with van der Waals surface area (Å²) in [5.74, 6) is 1.24. The van der Waals surface area contributed by atoms with E-state index in [-0.39, 0.29) is 31.1 Å². The first-order chi connectivity index (χ1) is 17.5. The van der Waals surface area contributed by atoms with Crippen LogP contribution in [-0.2, 0) is 20.9 Å². The molecule has 3 amide bonds. The van der Waals surface area contributed by atoms with Crippen molar-refractivity contribution in [1.82, 2.24) is 15.1 Å². The molecule has 1 N–H and O–H groups in total. The summed E-state index contributed by atoms with van der Waals surface area (Å²) in [7, 11) is 0. The average molecular weight is 493 g/mol. The smallest absolute Gasteiger partial charge is 0.250 e. The fraction of sp³-hybridized carbons (Fsp3) is 0.444. The number of nitrogens with one attached hydrogen (secondary N) is 1. The molecule has 2 aromatic rings. The monoisotopic (exact) mass is 492 g/mol. The molecule has 3 heterocycles. The van der Waals surface area contributed by atoms with Gasteiger partial charge in [-0.25, -0.2) is 0 Å². The summed E-state index contributed by atoms with van der Waals surface area (Å²) in [5, 5.41) is 2.92. The summed E-state index contributed by atoms with van der Waals surface area (Å²) in [5.41, 5.74) is 1.09. The molecular formula is C27H32N4O5. The quantitative estimate of drug-likeness (QED) is 0.639. The Morgan fingerprint density at radius 3 is 2.53 bits per heavy atom. The molecule has 5 rings (SSSR count). The third-order valence-electron chi connectivity index (χ3n) is 7.25. The average Bonchev–Trinajstić information content (AvgIpc) is 3.47. The minimum atomic E-state index is -0.748. The van der Waals surface area contributed by atoms with E-state index in [1.807, 2.05) is 60.4 Å². The molecule has 9 nitrogen and oxygen atoms in total. The topological polar surface area (TPSA) is 91.4 Å². The van der Waals surface area contributed by atoms with Gasteiger partial charge in [0.1, 0.15) is 12.1 Å². The van der Waals surface area contributed by atoms with Gasteiger partial charge in [0.2, 0.25) is 18.6 Å². The van der Waals surface area contributed by atoms with Gasteiger partial charge in [-0.2, -0.15) is 0 Å². The molecule has 0 radical (unpaired) electrons. The van der Waals surface area contributed by atoms with E-state index in [0.29, 0.717) is 57.1 Å². The second-order valence-electron chi connectivity index (χ2n) is 9.53. The highest BCUT2D eigenvalue weighted by Gasteiger charge is 2.54. The van der Waals surface area contributed by atoms with Crippen molar-refractivity contribution in [2.45, 2.75) is 44.7 Å². The van der Waals surface area contributed by atoms with Crippen molar-refractivity contribution in [1.29, 1.82) is 0 Å². The van der Waals surface area contributed by atoms with Gasteiger partial charge in [0.25, 0.3) is 5.91 Å². The van der Waals surface area contributed by atoms with Gasteiger partial charge in [-0.15, -0.1) is 0 Å². The predicted molar refractivity (Wildman–Crippen MR) is 133 cm³/mol. The second-order valence-corrected chi connectivity index (χ2v) is 9.53. The minimum Gasteiger partial charge on any atom is -0.454 e. The first kappa shape index (κ1) is 24.0. The third-order valence-corrected chi connectivity index (χ3v) is 7.25. The molecule has 0 unspecified atom stereocenters. The van der Waals surface area contributed by atoms with Crippen LogP contribution in [0.15, 0.2) is 48.5 Å². The van der Waals surface area contributed by atoms with Crippen LogP contribution in [0.5, 0.6) is 11.5 Å². The number of para-hydroxylation sites is 1. The second kappa shape index (κ2) is 10.1. The molecular weight excluding hydrogens is 460 g/mol. The van der Waals surface area contributed by atoms with Gasteiger partial charge in [0.05, 0.1) is 6.67 Å². The summed E-state index contributed by atoms with van der Waals surface area (Å²) < 4.78 is 10.7. The molecule has 0 saturated carbocycles. The lowest BCUT2D eigenvalue weighted by Crippen LogP contribution is -2.57. The molecule has 2 saturated heterocycles. The number of likely N-dealkylation sites (tertiary alicyclic amines) is 1. The highest BCUT2D eigenvalue weighted by atomic mass is 16.7. The van der Waals surface area contributed by atoms with Crippen LogP contribution in [0.1, 0.15) is 38.2 Å². The number of anilines is 1. The van der Waals surface area contributed by atoms with Crippen molar-refractivity contribution in [2.24, 2.45) is 0 Å². The Kier molecular flexibility index (Phi) is 6.71. The molecule has 3 aliphatic rings. The van der Waals surface area contributed by atoms with E-state index in [2.05, 4.69) is 10.2 Å². The fourth-order valence-corrected chi connectivity index (χ4v) is 5.30. The van der Waals surface area contributed by atoms with Crippen molar-refractivity contribution in [2.75, 3.05) is 38.0 Å². The van der Waals surface area contributed by atoms with E-state index < -0.39 is 5.54 Å². The molecule has 190 valence electrons. The molecule has 3 aliphatic heterocycles. The van der Waals surface area contributed by atoms with E-state index in [0.717, 1.165) is 17.7 Å². The van der Waals surface area contributed by atoms with E-state index in [1.165, 1.54) is 0 Å². The zero-order valence-electron chi connectivity index (χ0n) is 20.6. The number of amides is 3. The number of benzene rings is 2. The Labute approximate surface area is 210 Å². The predicted octanol–water partition coefficient (Wildman–Crippen LogP) is 2.50. The maximum Gasteiger partial charge on any atom is 0.250 e. The first-order valence-electron chi connectivity index (χ1n) is 12.6. The minimum absolute atomic E-state index is 0.0209. The van der Waals surface area contributed by atoms with Gasteiger partial charge in [-0.05, 0) is 49.1 Å². The Balaban J connectivity index is 1.27. The number of nitrogens with zero attached hydrogens (tertiary/aromatic N) is 3. The third kappa shape index (κ3) is 4.57. The number of carbonyl (C=O) groups excluding carboxylic acids is 3. The molecule has 1 spiro atoms. The van der Waals surface area contributed by atoms with Crippen LogP contribution in [0, 0.1) is 0 Å². The van der Waals surface area contributed by atoms with Gasteiger partial charge in [0.15, 0.2) is 11.5 Å². The zero-order valence-corrected chi connectivity index (χ0v) is 20.6. The Hall–Kier alpha value is -3.75. The summed E-state index contributed by atoms with van der Waals surface area (Å²) in [6.07, 6.45) is 2.43. The van der Waals surface area contributed by atoms with E-state index in [9.17, 15) is 14.4 Å². The normalized spacial score (nSPS) is 18.1. The molecule has 0 atom stereocenters. The number of piperidine rings is 1. The lowest BCUT2D eigenvalue weighted by atomic mass is 9.85. The molecule has 2 fully saturated rings. The lowest BCUT2D eigenvalue weighted by molar-refractivity contribution is -0.140. The van der Waals surface area contributed by atoms with Crippen LogP contribution in [0.2, 0.25) is 0 Å².